The van der Waals surface area contributed by atoms with E-state index in [1.54, 1.807) is 11.3 Å². The lowest BCUT2D eigenvalue weighted by molar-refractivity contribution is 0.0987. The first-order valence-electron chi connectivity index (χ1n) is 6.14. The Morgan fingerprint density at radius 2 is 2.21 bits per heavy atom. The van der Waals surface area contributed by atoms with Crippen LogP contribution in [0, 0.1) is 2.88 Å². The molecule has 0 fully saturated rings. The normalized spacial score (nSPS) is 14.5. The summed E-state index contributed by atoms with van der Waals surface area (Å²) < 4.78 is 1.14. The van der Waals surface area contributed by atoms with Gasteiger partial charge in [-0.2, -0.15) is 0 Å². The molecule has 3 rings (SSSR count). The van der Waals surface area contributed by atoms with E-state index in [-0.39, 0.29) is 5.91 Å². The number of carbonyl (C=O) groups excluding carboxylic acids is 1. The smallest absolute Gasteiger partial charge is 0.259 e. The van der Waals surface area contributed by atoms with Crippen LogP contribution in [0.1, 0.15) is 16.8 Å². The van der Waals surface area contributed by atoms with Crippen LogP contribution in [0.2, 0.25) is 0 Å². The van der Waals surface area contributed by atoms with E-state index in [1.807, 2.05) is 40.6 Å². The van der Waals surface area contributed by atoms with Gasteiger partial charge in [0.2, 0.25) is 0 Å². The zero-order chi connectivity index (χ0) is 13.2. The van der Waals surface area contributed by atoms with E-state index in [1.165, 1.54) is 0 Å². The Hall–Kier alpha value is -1.08. The molecule has 2 aromatic rings. The van der Waals surface area contributed by atoms with Crippen molar-refractivity contribution in [3.8, 4) is 0 Å². The SMILES string of the molecule is O=C(c1csc(I)c1)N1CCCNc2ccccc21. The second-order valence-electron chi connectivity index (χ2n) is 4.39. The summed E-state index contributed by atoms with van der Waals surface area (Å²) in [6.45, 7) is 1.66. The van der Waals surface area contributed by atoms with Crippen LogP contribution in [0.5, 0.6) is 0 Å². The summed E-state index contributed by atoms with van der Waals surface area (Å²) in [6, 6.07) is 9.95. The van der Waals surface area contributed by atoms with Gasteiger partial charge in [-0.05, 0) is 47.2 Å². The molecule has 1 amide bonds. The van der Waals surface area contributed by atoms with Crippen LogP contribution in [0.15, 0.2) is 35.7 Å². The Morgan fingerprint density at radius 1 is 1.37 bits per heavy atom. The number of nitrogens with one attached hydrogen (secondary N) is 1. The van der Waals surface area contributed by atoms with Crippen LogP contribution >= 0.6 is 33.9 Å². The second-order valence-corrected chi connectivity index (χ2v) is 7.20. The molecule has 1 N–H and O–H groups in total. The molecule has 0 atom stereocenters. The van der Waals surface area contributed by atoms with Crippen molar-refractivity contribution in [2.24, 2.45) is 0 Å². The summed E-state index contributed by atoms with van der Waals surface area (Å²) in [5, 5.41) is 5.31. The van der Waals surface area contributed by atoms with Crippen molar-refractivity contribution in [2.75, 3.05) is 23.3 Å². The summed E-state index contributed by atoms with van der Waals surface area (Å²) >= 11 is 3.85. The maximum Gasteiger partial charge on any atom is 0.259 e. The van der Waals surface area contributed by atoms with Gasteiger partial charge in [-0.25, -0.2) is 0 Å². The maximum atomic E-state index is 12.6. The van der Waals surface area contributed by atoms with Gasteiger partial charge in [0.1, 0.15) is 0 Å². The van der Waals surface area contributed by atoms with Gasteiger partial charge in [-0.1, -0.05) is 12.1 Å². The molecule has 1 aliphatic heterocycles. The Labute approximate surface area is 129 Å². The van der Waals surface area contributed by atoms with E-state index in [4.69, 9.17) is 0 Å². The van der Waals surface area contributed by atoms with Crippen molar-refractivity contribution >= 4 is 51.2 Å². The minimum Gasteiger partial charge on any atom is -0.383 e. The summed E-state index contributed by atoms with van der Waals surface area (Å²) in [5.74, 6) is 0.0929. The first-order valence-corrected chi connectivity index (χ1v) is 8.10. The number of para-hydroxylation sites is 2. The number of benzene rings is 1. The molecule has 0 saturated heterocycles. The van der Waals surface area contributed by atoms with Crippen molar-refractivity contribution < 1.29 is 4.79 Å². The highest BCUT2D eigenvalue weighted by molar-refractivity contribution is 14.1. The highest BCUT2D eigenvalue weighted by Gasteiger charge is 2.22. The number of nitrogens with zero attached hydrogens (tertiary/aromatic N) is 1. The minimum atomic E-state index is 0.0929. The standard InChI is InChI=1S/C14H13IN2OS/c15-13-8-10(9-19-13)14(18)17-7-3-6-16-11-4-1-2-5-12(11)17/h1-2,4-5,8-9,16H,3,6-7H2. The lowest BCUT2D eigenvalue weighted by Gasteiger charge is -2.21. The number of hydrogen-bond acceptors (Lipinski definition) is 3. The number of thiophene rings is 1. The van der Waals surface area contributed by atoms with Crippen LogP contribution in [0.25, 0.3) is 0 Å². The molecule has 98 valence electrons. The number of fused-ring (bicyclic) bond motifs is 1. The minimum absolute atomic E-state index is 0.0929. The Kier molecular flexibility index (Phi) is 3.74. The fraction of sp³-hybridized carbons (Fsp3) is 0.214. The molecule has 0 radical (unpaired) electrons. The summed E-state index contributed by atoms with van der Waals surface area (Å²) in [6.07, 6.45) is 0.960. The molecule has 1 aliphatic rings. The third-order valence-corrected chi connectivity index (χ3v) is 4.92. The van der Waals surface area contributed by atoms with Crippen molar-refractivity contribution in [3.05, 3.63) is 44.2 Å². The molecule has 1 aromatic heterocycles. The molecular formula is C14H13IN2OS. The van der Waals surface area contributed by atoms with Gasteiger partial charge < -0.3 is 10.2 Å². The topological polar surface area (TPSA) is 32.3 Å². The monoisotopic (exact) mass is 384 g/mol. The molecule has 0 aliphatic carbocycles. The van der Waals surface area contributed by atoms with Crippen molar-refractivity contribution in [1.29, 1.82) is 0 Å². The van der Waals surface area contributed by atoms with E-state index in [2.05, 4.69) is 27.9 Å². The van der Waals surface area contributed by atoms with Gasteiger partial charge in [-0.15, -0.1) is 11.3 Å². The molecule has 2 heterocycles. The third-order valence-electron chi connectivity index (χ3n) is 3.13. The molecule has 0 unspecified atom stereocenters. The summed E-state index contributed by atoms with van der Waals surface area (Å²) in [4.78, 5) is 14.5. The predicted molar refractivity (Wildman–Crippen MR) is 88.3 cm³/mol. The van der Waals surface area contributed by atoms with E-state index in [9.17, 15) is 4.79 Å². The molecular weight excluding hydrogens is 371 g/mol. The fourth-order valence-electron chi connectivity index (χ4n) is 2.23. The van der Waals surface area contributed by atoms with Crippen LogP contribution in [0.3, 0.4) is 0 Å². The van der Waals surface area contributed by atoms with E-state index in [0.717, 1.165) is 39.3 Å². The number of halogens is 1. The zero-order valence-corrected chi connectivity index (χ0v) is 13.2. The Bertz CT molecular complexity index is 611. The number of carbonyl (C=O) groups is 1. The van der Waals surface area contributed by atoms with E-state index < -0.39 is 0 Å². The zero-order valence-electron chi connectivity index (χ0n) is 10.2. The third kappa shape index (κ3) is 2.62. The molecule has 19 heavy (non-hydrogen) atoms. The molecule has 5 heteroatoms. The molecule has 1 aromatic carbocycles. The predicted octanol–water partition coefficient (Wildman–Crippen LogP) is 3.82. The average molecular weight is 384 g/mol. The van der Waals surface area contributed by atoms with Gasteiger partial charge in [0.15, 0.2) is 0 Å². The molecule has 0 bridgehead atoms. The van der Waals surface area contributed by atoms with Crippen LogP contribution in [0.4, 0.5) is 11.4 Å². The van der Waals surface area contributed by atoms with E-state index >= 15 is 0 Å². The summed E-state index contributed by atoms with van der Waals surface area (Å²) in [5.41, 5.74) is 2.80. The second kappa shape index (κ2) is 5.50. The van der Waals surface area contributed by atoms with Gasteiger partial charge >= 0.3 is 0 Å². The van der Waals surface area contributed by atoms with Crippen molar-refractivity contribution in [1.82, 2.24) is 0 Å². The lowest BCUT2D eigenvalue weighted by Crippen LogP contribution is -2.31. The average Bonchev–Trinajstić information content (AvgIpc) is 2.74. The number of hydrogen-bond donors (Lipinski definition) is 1. The Morgan fingerprint density at radius 3 is 3.00 bits per heavy atom. The highest BCUT2D eigenvalue weighted by Crippen LogP contribution is 2.30. The number of anilines is 2. The van der Waals surface area contributed by atoms with Gasteiger partial charge in [0.05, 0.1) is 19.8 Å². The van der Waals surface area contributed by atoms with E-state index in [0.29, 0.717) is 0 Å². The molecule has 0 spiro atoms. The van der Waals surface area contributed by atoms with Crippen molar-refractivity contribution in [3.63, 3.8) is 0 Å². The maximum absolute atomic E-state index is 12.6. The van der Waals surface area contributed by atoms with Crippen LogP contribution in [-0.4, -0.2) is 19.0 Å². The van der Waals surface area contributed by atoms with Crippen LogP contribution < -0.4 is 10.2 Å². The van der Waals surface area contributed by atoms with Crippen LogP contribution in [-0.2, 0) is 0 Å². The molecule has 0 saturated carbocycles. The fourth-order valence-corrected chi connectivity index (χ4v) is 3.55. The quantitative estimate of drug-likeness (QED) is 0.759. The first-order chi connectivity index (χ1) is 9.25. The molecule has 3 nitrogen and oxygen atoms in total. The van der Waals surface area contributed by atoms with Gasteiger partial charge in [0.25, 0.3) is 5.91 Å². The lowest BCUT2D eigenvalue weighted by atomic mass is 10.2. The first kappa shape index (κ1) is 12.9. The Balaban J connectivity index is 1.98. The number of amides is 1. The summed E-state index contributed by atoms with van der Waals surface area (Å²) in [7, 11) is 0. The van der Waals surface area contributed by atoms with Crippen molar-refractivity contribution in [2.45, 2.75) is 6.42 Å². The number of rotatable bonds is 1. The van der Waals surface area contributed by atoms with Gasteiger partial charge in [0, 0.05) is 18.5 Å². The highest BCUT2D eigenvalue weighted by atomic mass is 127. The van der Waals surface area contributed by atoms with Gasteiger partial charge in [-0.3, -0.25) is 4.79 Å². The largest absolute Gasteiger partial charge is 0.383 e.